The molecule has 1 atom stereocenters. The Balaban J connectivity index is 1.67. The van der Waals surface area contributed by atoms with E-state index >= 15 is 0 Å². The molecule has 0 unspecified atom stereocenters. The van der Waals surface area contributed by atoms with Gasteiger partial charge in [-0.1, -0.05) is 91.0 Å². The van der Waals surface area contributed by atoms with Crippen molar-refractivity contribution in [3.8, 4) is 6.07 Å². The van der Waals surface area contributed by atoms with Gasteiger partial charge in [0.05, 0.1) is 6.07 Å². The number of hydrogen-bond acceptors (Lipinski definition) is 2. The molecule has 0 amide bonds. The molecule has 0 N–H and O–H groups in total. The summed E-state index contributed by atoms with van der Waals surface area (Å²) in [5.74, 6) is 0.274. The van der Waals surface area contributed by atoms with Gasteiger partial charge >= 0.3 is 0 Å². The lowest BCUT2D eigenvalue weighted by Crippen LogP contribution is -2.37. The van der Waals surface area contributed by atoms with Crippen LogP contribution in [0.25, 0.3) is 0 Å². The molecule has 0 spiro atoms. The van der Waals surface area contributed by atoms with Gasteiger partial charge in [-0.15, -0.1) is 0 Å². The number of nitrogens with zero attached hydrogens (tertiary/aromatic N) is 2. The Morgan fingerprint density at radius 2 is 1.33 bits per heavy atom. The summed E-state index contributed by atoms with van der Waals surface area (Å²) in [4.78, 5) is 2.48. The third-order valence-corrected chi connectivity index (χ3v) is 5.77. The van der Waals surface area contributed by atoms with E-state index in [9.17, 15) is 5.26 Å². The zero-order valence-corrected chi connectivity index (χ0v) is 15.5. The van der Waals surface area contributed by atoms with Crippen molar-refractivity contribution in [1.29, 1.82) is 5.26 Å². The predicted molar refractivity (Wildman–Crippen MR) is 109 cm³/mol. The van der Waals surface area contributed by atoms with Crippen LogP contribution in [0, 0.1) is 17.2 Å². The Morgan fingerprint density at radius 3 is 1.85 bits per heavy atom. The maximum atomic E-state index is 10.5. The van der Waals surface area contributed by atoms with Crippen LogP contribution in [0.15, 0.2) is 91.0 Å². The van der Waals surface area contributed by atoms with Crippen LogP contribution < -0.4 is 0 Å². The Morgan fingerprint density at radius 1 is 0.815 bits per heavy atom. The third-order valence-electron chi connectivity index (χ3n) is 5.77. The van der Waals surface area contributed by atoms with E-state index in [0.717, 1.165) is 37.2 Å². The number of nitriles is 1. The lowest BCUT2D eigenvalue weighted by atomic mass is 9.66. The van der Waals surface area contributed by atoms with Gasteiger partial charge in [0.15, 0.2) is 0 Å². The molecule has 0 saturated carbocycles. The molecule has 1 aliphatic rings. The second kappa shape index (κ2) is 7.78. The molecular formula is C25H24N2. The molecule has 0 aromatic heterocycles. The highest BCUT2D eigenvalue weighted by molar-refractivity contribution is 5.47. The van der Waals surface area contributed by atoms with Crippen LogP contribution in [0.2, 0.25) is 0 Å². The molecule has 0 radical (unpaired) electrons. The lowest BCUT2D eigenvalue weighted by molar-refractivity contribution is 0.298. The molecule has 3 aromatic rings. The molecular weight excluding hydrogens is 328 g/mol. The Hall–Kier alpha value is -2.89. The fraction of sp³-hybridized carbons (Fsp3) is 0.240. The first-order valence-corrected chi connectivity index (χ1v) is 9.61. The number of likely N-dealkylation sites (tertiary alicyclic amines) is 1. The summed E-state index contributed by atoms with van der Waals surface area (Å²) in [5.41, 5.74) is 2.93. The van der Waals surface area contributed by atoms with E-state index in [-0.39, 0.29) is 5.92 Å². The molecule has 2 nitrogen and oxygen atoms in total. The Labute approximate surface area is 161 Å². The minimum Gasteiger partial charge on any atom is -0.299 e. The first kappa shape index (κ1) is 17.5. The summed E-state index contributed by atoms with van der Waals surface area (Å²) in [6, 6.07) is 34.0. The van der Waals surface area contributed by atoms with Crippen molar-refractivity contribution in [3.05, 3.63) is 108 Å². The van der Waals surface area contributed by atoms with Crippen molar-refractivity contribution in [2.75, 3.05) is 13.1 Å². The summed E-state index contributed by atoms with van der Waals surface area (Å²) < 4.78 is 0. The first-order valence-electron chi connectivity index (χ1n) is 9.61. The number of rotatable bonds is 5. The average Bonchev–Trinajstić information content (AvgIpc) is 3.20. The lowest BCUT2D eigenvalue weighted by Gasteiger charge is -2.34. The molecule has 1 aliphatic heterocycles. The molecule has 4 rings (SSSR count). The van der Waals surface area contributed by atoms with Crippen LogP contribution in [0.1, 0.15) is 23.1 Å². The highest BCUT2D eigenvalue weighted by Gasteiger charge is 2.45. The molecule has 3 aromatic carbocycles. The van der Waals surface area contributed by atoms with E-state index in [1.807, 2.05) is 36.4 Å². The molecule has 0 bridgehead atoms. The quantitative estimate of drug-likeness (QED) is 0.645. The average molecular weight is 352 g/mol. The summed E-state index contributed by atoms with van der Waals surface area (Å²) in [6.45, 7) is 2.91. The van der Waals surface area contributed by atoms with Crippen LogP contribution in [0.3, 0.4) is 0 Å². The second-order valence-corrected chi connectivity index (χ2v) is 7.36. The van der Waals surface area contributed by atoms with Crippen LogP contribution in [0.5, 0.6) is 0 Å². The fourth-order valence-electron chi connectivity index (χ4n) is 4.43. The fourth-order valence-corrected chi connectivity index (χ4v) is 4.43. The molecule has 2 heteroatoms. The van der Waals surface area contributed by atoms with E-state index in [4.69, 9.17) is 0 Å². The maximum absolute atomic E-state index is 10.5. The molecule has 27 heavy (non-hydrogen) atoms. The van der Waals surface area contributed by atoms with E-state index < -0.39 is 5.41 Å². The van der Waals surface area contributed by atoms with E-state index in [0.29, 0.717) is 0 Å². The van der Waals surface area contributed by atoms with Crippen molar-refractivity contribution in [2.45, 2.75) is 18.4 Å². The van der Waals surface area contributed by atoms with Gasteiger partial charge in [-0.25, -0.2) is 0 Å². The molecule has 1 heterocycles. The van der Waals surface area contributed by atoms with Gasteiger partial charge in [-0.3, -0.25) is 4.90 Å². The SMILES string of the molecule is N#CC(c1ccccc1)(c1ccccc1)[C@H]1CCN(Cc2ccccc2)C1. The second-order valence-electron chi connectivity index (χ2n) is 7.36. The van der Waals surface area contributed by atoms with Gasteiger partial charge in [0.2, 0.25) is 0 Å². The van der Waals surface area contributed by atoms with Gasteiger partial charge in [0.25, 0.3) is 0 Å². The molecule has 134 valence electrons. The Kier molecular flexibility index (Phi) is 5.05. The number of hydrogen-bond donors (Lipinski definition) is 0. The van der Waals surface area contributed by atoms with E-state index in [2.05, 4.69) is 65.6 Å². The van der Waals surface area contributed by atoms with Crippen molar-refractivity contribution in [3.63, 3.8) is 0 Å². The van der Waals surface area contributed by atoms with Gasteiger partial charge in [-0.2, -0.15) is 5.26 Å². The summed E-state index contributed by atoms with van der Waals surface area (Å²) >= 11 is 0. The van der Waals surface area contributed by atoms with Crippen LogP contribution in [0.4, 0.5) is 0 Å². The van der Waals surface area contributed by atoms with Crippen molar-refractivity contribution in [1.82, 2.24) is 4.90 Å². The van der Waals surface area contributed by atoms with Gasteiger partial charge in [-0.05, 0) is 35.6 Å². The zero-order valence-electron chi connectivity index (χ0n) is 15.5. The van der Waals surface area contributed by atoms with Crippen LogP contribution in [-0.4, -0.2) is 18.0 Å². The van der Waals surface area contributed by atoms with Crippen LogP contribution in [-0.2, 0) is 12.0 Å². The van der Waals surface area contributed by atoms with Crippen molar-refractivity contribution < 1.29 is 0 Å². The normalized spacial score (nSPS) is 17.5. The van der Waals surface area contributed by atoms with E-state index in [1.165, 1.54) is 5.56 Å². The highest BCUT2D eigenvalue weighted by atomic mass is 15.1. The van der Waals surface area contributed by atoms with Crippen molar-refractivity contribution in [2.24, 2.45) is 5.92 Å². The standard InChI is InChI=1S/C25H24N2/c26-20-25(22-12-6-2-7-13-22,23-14-8-3-9-15-23)24-16-17-27(19-24)18-21-10-4-1-5-11-21/h1-15,24H,16-19H2/t24-/m0/s1. The summed E-state index contributed by atoms with van der Waals surface area (Å²) in [5, 5.41) is 10.5. The predicted octanol–water partition coefficient (Wildman–Crippen LogP) is 5.02. The van der Waals surface area contributed by atoms with Gasteiger partial charge in [0.1, 0.15) is 5.41 Å². The highest BCUT2D eigenvalue weighted by Crippen LogP contribution is 2.43. The van der Waals surface area contributed by atoms with E-state index in [1.54, 1.807) is 0 Å². The van der Waals surface area contributed by atoms with Gasteiger partial charge < -0.3 is 0 Å². The Bertz CT molecular complexity index is 858. The van der Waals surface area contributed by atoms with Crippen molar-refractivity contribution >= 4 is 0 Å². The maximum Gasteiger partial charge on any atom is 0.111 e. The smallest absolute Gasteiger partial charge is 0.111 e. The number of benzene rings is 3. The monoisotopic (exact) mass is 352 g/mol. The summed E-state index contributed by atoms with van der Waals surface area (Å²) in [7, 11) is 0. The van der Waals surface area contributed by atoms with Gasteiger partial charge in [0, 0.05) is 13.1 Å². The zero-order chi connectivity index (χ0) is 18.5. The molecule has 0 aliphatic carbocycles. The molecule has 1 fully saturated rings. The minimum absolute atomic E-state index is 0.274. The topological polar surface area (TPSA) is 27.0 Å². The summed E-state index contributed by atoms with van der Waals surface area (Å²) in [6.07, 6.45) is 1.03. The minimum atomic E-state index is -0.603. The molecule has 1 saturated heterocycles. The largest absolute Gasteiger partial charge is 0.299 e. The third kappa shape index (κ3) is 3.39. The van der Waals surface area contributed by atoms with Crippen LogP contribution >= 0.6 is 0 Å². The first-order chi connectivity index (χ1) is 13.3.